The molecule has 0 spiro atoms. The first-order valence-electron chi connectivity index (χ1n) is 19.3. The Labute approximate surface area is 344 Å². The van der Waals surface area contributed by atoms with Crippen molar-refractivity contribution >= 4 is 56.2 Å². The molecule has 4 aliphatic rings. The Morgan fingerprint density at radius 3 is 2.47 bits per heavy atom. The van der Waals surface area contributed by atoms with Gasteiger partial charge >= 0.3 is 12.3 Å². The van der Waals surface area contributed by atoms with Crippen LogP contribution in [0, 0.1) is 17.8 Å². The van der Waals surface area contributed by atoms with Crippen LogP contribution in [0.1, 0.15) is 72.6 Å². The number of halogens is 5. The number of aromatic nitrogens is 1. The molecule has 20 heteroatoms. The van der Waals surface area contributed by atoms with Gasteiger partial charge in [0.05, 0.1) is 13.7 Å². The molecule has 7 unspecified atom stereocenters. The molecule has 324 valence electrons. The molecule has 3 N–H and O–H groups in total. The Morgan fingerprint density at radius 2 is 1.83 bits per heavy atom. The van der Waals surface area contributed by atoms with Gasteiger partial charge in [-0.15, -0.1) is 0 Å². The van der Waals surface area contributed by atoms with E-state index in [1.165, 1.54) is 7.11 Å². The number of ether oxygens (including phenoxy) is 3. The van der Waals surface area contributed by atoms with E-state index in [1.807, 2.05) is 11.6 Å². The van der Waals surface area contributed by atoms with Crippen LogP contribution in [0.25, 0.3) is 10.8 Å². The number of hydrogen-bond acceptors (Lipinski definition) is 10. The van der Waals surface area contributed by atoms with Crippen LogP contribution in [0.5, 0.6) is 11.6 Å². The Morgan fingerprint density at radius 1 is 1.12 bits per heavy atom. The molecule has 3 fully saturated rings. The number of nitrogens with one attached hydrogen (secondary N) is 3. The lowest BCUT2D eigenvalue weighted by Crippen LogP contribution is -2.60. The second-order valence-corrected chi connectivity index (χ2v) is 19.1. The number of alkyl carbamates (subject to hydrolysis) is 1. The molecule has 2 aliphatic heterocycles. The zero-order valence-corrected chi connectivity index (χ0v) is 34.7. The highest BCUT2D eigenvalue weighted by Crippen LogP contribution is 2.48. The van der Waals surface area contributed by atoms with E-state index in [0.29, 0.717) is 49.6 Å². The topological polar surface area (TPSA) is 182 Å². The molecule has 1 saturated heterocycles. The quantitative estimate of drug-likeness (QED) is 0.165. The second-order valence-electron chi connectivity index (χ2n) is 16.7. The molecule has 2 aromatic rings. The zero-order chi connectivity index (χ0) is 43.3. The first-order valence-corrected chi connectivity index (χ1v) is 21.2. The lowest BCUT2D eigenvalue weighted by Gasteiger charge is -2.34. The van der Waals surface area contributed by atoms with Crippen LogP contribution in [0.15, 0.2) is 36.4 Å². The Balaban J connectivity index is 1.36. The van der Waals surface area contributed by atoms with E-state index < -0.39 is 92.6 Å². The summed E-state index contributed by atoms with van der Waals surface area (Å²) in [4.78, 5) is 61.7. The largest absolute Gasteiger partial charge is 0.497 e. The second kappa shape index (κ2) is 16.2. The van der Waals surface area contributed by atoms with Gasteiger partial charge in [0, 0.05) is 17.7 Å². The summed E-state index contributed by atoms with van der Waals surface area (Å²) in [6, 6.07) is 3.74. The van der Waals surface area contributed by atoms with Crippen LogP contribution in [0.2, 0.25) is 5.15 Å². The third-order valence-electron chi connectivity index (χ3n) is 11.8. The van der Waals surface area contributed by atoms with Gasteiger partial charge in [-0.2, -0.15) is 13.2 Å². The third kappa shape index (κ3) is 9.05. The summed E-state index contributed by atoms with van der Waals surface area (Å²) in [6.45, 7) is 3.40. The summed E-state index contributed by atoms with van der Waals surface area (Å²) in [5.74, 6) is -3.62. The molecule has 4 amide bonds. The number of nitrogens with zero attached hydrogens (tertiary/aromatic N) is 2. The number of carbonyl (C=O) groups is 4. The number of amides is 4. The molecule has 0 radical (unpaired) electrons. The number of hydrogen-bond donors (Lipinski definition) is 3. The average molecular weight is 874 g/mol. The molecule has 59 heavy (non-hydrogen) atoms. The maximum atomic E-state index is 14.7. The predicted octanol–water partition coefficient (Wildman–Crippen LogP) is 5.52. The van der Waals surface area contributed by atoms with E-state index in [1.54, 1.807) is 43.3 Å². The number of sulfonamides is 1. The fraction of sp³-hybridized carbons (Fsp3) is 0.615. The minimum Gasteiger partial charge on any atom is -0.497 e. The highest BCUT2D eigenvalue weighted by molar-refractivity contribution is 7.91. The molecule has 2 aliphatic carbocycles. The number of pyridine rings is 1. The van der Waals surface area contributed by atoms with Crippen molar-refractivity contribution in [2.24, 2.45) is 17.8 Å². The SMILES string of the molecule is COc1ccc2c(OC3CC4C(=O)NC5(C(=O)NS(=O)(=O)C6(CF)CC6)CC5C=CCCC(C)CC(C)C(NC(=O)OC(C)(C)C(F)(F)F)C(=O)N4C3)nc(Cl)cc2c1. The van der Waals surface area contributed by atoms with E-state index >= 15 is 0 Å². The van der Waals surface area contributed by atoms with Gasteiger partial charge in [0.1, 0.15) is 46.1 Å². The summed E-state index contributed by atoms with van der Waals surface area (Å²) in [6.07, 6.45) is -2.69. The average Bonchev–Trinajstić information content (AvgIpc) is 4.05. The van der Waals surface area contributed by atoms with Gasteiger partial charge in [0.2, 0.25) is 33.3 Å². The van der Waals surface area contributed by atoms with E-state index in [2.05, 4.69) is 15.6 Å². The molecule has 2 saturated carbocycles. The van der Waals surface area contributed by atoms with Crippen molar-refractivity contribution in [2.45, 2.75) is 113 Å². The Kier molecular flexibility index (Phi) is 12.2. The molecular formula is C39H48ClF4N5O9S. The predicted molar refractivity (Wildman–Crippen MR) is 207 cm³/mol. The summed E-state index contributed by atoms with van der Waals surface area (Å²) in [5.41, 5.74) is -4.70. The third-order valence-corrected chi connectivity index (χ3v) is 14.1. The first-order chi connectivity index (χ1) is 27.5. The fourth-order valence-corrected chi connectivity index (χ4v) is 9.36. The van der Waals surface area contributed by atoms with Crippen molar-refractivity contribution in [1.82, 2.24) is 25.2 Å². The van der Waals surface area contributed by atoms with Gasteiger partial charge in [-0.05, 0) is 93.9 Å². The van der Waals surface area contributed by atoms with Crippen LogP contribution < -0.4 is 24.8 Å². The van der Waals surface area contributed by atoms with Gasteiger partial charge in [0.15, 0.2) is 0 Å². The highest BCUT2D eigenvalue weighted by atomic mass is 35.5. The van der Waals surface area contributed by atoms with Crippen molar-refractivity contribution in [3.05, 3.63) is 41.6 Å². The minimum atomic E-state index is -4.94. The maximum Gasteiger partial charge on any atom is 0.427 e. The Bertz CT molecular complexity index is 2140. The van der Waals surface area contributed by atoms with E-state index in [9.17, 15) is 45.2 Å². The monoisotopic (exact) mass is 873 g/mol. The minimum absolute atomic E-state index is 0.000695. The lowest BCUT2D eigenvalue weighted by atomic mass is 9.88. The van der Waals surface area contributed by atoms with Crippen molar-refractivity contribution in [1.29, 1.82) is 0 Å². The number of alkyl halides is 4. The molecule has 7 atom stereocenters. The molecule has 0 bridgehead atoms. The van der Waals surface area contributed by atoms with Crippen molar-refractivity contribution in [3.63, 3.8) is 0 Å². The summed E-state index contributed by atoms with van der Waals surface area (Å²) >= 11 is 6.35. The molecule has 3 heterocycles. The summed E-state index contributed by atoms with van der Waals surface area (Å²) < 4.78 is 98.1. The molecular weight excluding hydrogens is 826 g/mol. The van der Waals surface area contributed by atoms with E-state index in [4.69, 9.17) is 25.8 Å². The van der Waals surface area contributed by atoms with Crippen molar-refractivity contribution < 1.29 is 59.4 Å². The number of benzene rings is 1. The highest BCUT2D eigenvalue weighted by Gasteiger charge is 2.64. The number of carbonyl (C=O) groups excluding carboxylic acids is 4. The van der Waals surface area contributed by atoms with Crippen LogP contribution in [0.4, 0.5) is 22.4 Å². The number of allylic oxidation sites excluding steroid dienone is 1. The van der Waals surface area contributed by atoms with Gasteiger partial charge in [-0.25, -0.2) is 22.6 Å². The standard InChI is InChI=1S/C39H48ClF4N5O9S/c1-21-8-6-7-9-24-18-38(24,34(52)48-59(54,55)37(20-41)12-13-37)47-31(50)28-17-26(57-32-27-11-10-25(56-5)15-23(27)16-29(40)45-32)19-49(28)33(51)30(22(2)14-21)46-35(53)58-36(3,4)39(42,43)44/h7,9-11,15-16,21-22,24,26,28,30H,6,8,12-14,17-20H2,1-5H3,(H,46,53)(H,47,50)(H,48,52). The Hall–Kier alpha value is -4.39. The van der Waals surface area contributed by atoms with Gasteiger partial charge in [0.25, 0.3) is 5.91 Å². The van der Waals surface area contributed by atoms with Crippen molar-refractivity contribution in [2.75, 3.05) is 20.3 Å². The number of rotatable bonds is 9. The van der Waals surface area contributed by atoms with E-state index in [0.717, 1.165) is 4.90 Å². The van der Waals surface area contributed by atoms with Gasteiger partial charge < -0.3 is 29.7 Å². The van der Waals surface area contributed by atoms with Crippen LogP contribution in [-0.4, -0.2) is 103 Å². The maximum absolute atomic E-state index is 14.7. The van der Waals surface area contributed by atoms with Crippen LogP contribution in [0.3, 0.4) is 0 Å². The van der Waals surface area contributed by atoms with Gasteiger partial charge in [-0.1, -0.05) is 37.6 Å². The zero-order valence-electron chi connectivity index (χ0n) is 33.2. The number of fused-ring (bicyclic) bond motifs is 3. The summed E-state index contributed by atoms with van der Waals surface area (Å²) in [5, 5.41) is 6.22. The molecule has 6 rings (SSSR count). The molecule has 1 aromatic heterocycles. The first kappa shape index (κ1) is 44.2. The fourth-order valence-electron chi connectivity index (χ4n) is 7.74. The van der Waals surface area contributed by atoms with Crippen LogP contribution >= 0.6 is 11.6 Å². The van der Waals surface area contributed by atoms with Crippen LogP contribution in [-0.2, 0) is 29.1 Å². The summed E-state index contributed by atoms with van der Waals surface area (Å²) in [7, 11) is -2.99. The number of methoxy groups -OCH3 is 1. The normalized spacial score (nSPS) is 28.6. The molecule has 1 aromatic carbocycles. The molecule has 14 nitrogen and oxygen atoms in total. The van der Waals surface area contributed by atoms with Gasteiger partial charge in [-0.3, -0.25) is 19.1 Å². The smallest absolute Gasteiger partial charge is 0.427 e. The van der Waals surface area contributed by atoms with E-state index in [-0.39, 0.29) is 49.2 Å². The lowest BCUT2D eigenvalue weighted by molar-refractivity contribution is -0.244. The van der Waals surface area contributed by atoms with Crippen molar-refractivity contribution in [3.8, 4) is 11.6 Å².